The molecule has 0 nitrogen and oxygen atoms in total. The summed E-state index contributed by atoms with van der Waals surface area (Å²) in [4.78, 5) is 16.0. The van der Waals surface area contributed by atoms with E-state index >= 15 is 0 Å². The minimum absolute atomic E-state index is 1.22. The first-order valence-electron chi connectivity index (χ1n) is 32.0. The molecule has 0 aliphatic heterocycles. The fourth-order valence-corrected chi connectivity index (χ4v) is 40.9. The number of thioether (sulfide) groups is 2. The molecule has 0 N–H and O–H groups in total. The molecule has 0 atom stereocenters. The first kappa shape index (κ1) is 73.1. The summed E-state index contributed by atoms with van der Waals surface area (Å²) in [5.41, 5.74) is 2.80. The molecule has 0 saturated heterocycles. The van der Waals surface area contributed by atoms with Crippen LogP contribution in [0, 0.1) is 34.6 Å². The Bertz CT molecular complexity index is 2460. The van der Waals surface area contributed by atoms with Gasteiger partial charge in [-0.2, -0.15) is 0 Å². The van der Waals surface area contributed by atoms with Gasteiger partial charge < -0.3 is 0 Å². The molecule has 0 radical (unpaired) electrons. The second-order valence-electron chi connectivity index (χ2n) is 22.9. The molecule has 0 spiro atoms. The van der Waals surface area contributed by atoms with Crippen molar-refractivity contribution in [3.63, 3.8) is 0 Å². The molecule has 80 heavy (non-hydrogen) atoms. The Kier molecular flexibility index (Phi) is 40.4. The van der Waals surface area contributed by atoms with Crippen LogP contribution in [0.4, 0.5) is 0 Å². The van der Waals surface area contributed by atoms with Crippen LogP contribution in [0.5, 0.6) is 0 Å². The van der Waals surface area contributed by atoms with Crippen molar-refractivity contribution >= 4 is 145 Å². The van der Waals surface area contributed by atoms with Crippen molar-refractivity contribution in [3.8, 4) is 29.3 Å². The molecule has 6 heterocycles. The van der Waals surface area contributed by atoms with Crippen LogP contribution in [0.25, 0.3) is 29.3 Å². The molecule has 0 unspecified atom stereocenters. The molecular formula is C69H108Br2S8Sn. The van der Waals surface area contributed by atoms with Gasteiger partial charge in [-0.3, -0.25) is 0 Å². The summed E-state index contributed by atoms with van der Waals surface area (Å²) >= 11 is 21.1. The first-order valence-corrected chi connectivity index (χ1v) is 48.0. The van der Waals surface area contributed by atoms with Gasteiger partial charge in [-0.1, -0.05) is 155 Å². The summed E-state index contributed by atoms with van der Waals surface area (Å²) in [6.07, 6.45) is 42.6. The molecule has 6 rings (SSSR count). The number of unbranched alkanes of at least 4 members (excludes halogenated alkanes) is 25. The van der Waals surface area contributed by atoms with Crippen LogP contribution in [0.1, 0.15) is 253 Å². The Balaban J connectivity index is 0.000000268. The van der Waals surface area contributed by atoms with Crippen LogP contribution in [0.15, 0.2) is 65.9 Å². The summed E-state index contributed by atoms with van der Waals surface area (Å²) < 4.78 is 9.15. The van der Waals surface area contributed by atoms with Crippen LogP contribution in [0.2, 0.25) is 13.3 Å². The molecule has 0 aromatic carbocycles. The van der Waals surface area contributed by atoms with E-state index in [0.717, 1.165) is 0 Å². The van der Waals surface area contributed by atoms with Gasteiger partial charge in [0.2, 0.25) is 0 Å². The third-order valence-electron chi connectivity index (χ3n) is 15.5. The summed E-state index contributed by atoms with van der Waals surface area (Å²) in [5, 5.41) is 0. The van der Waals surface area contributed by atoms with Gasteiger partial charge in [0, 0.05) is 39.1 Å². The average Bonchev–Trinajstić information content (AvgIpc) is 4.33. The van der Waals surface area contributed by atoms with E-state index < -0.39 is 18.4 Å². The van der Waals surface area contributed by atoms with Gasteiger partial charge in [0.25, 0.3) is 0 Å². The van der Waals surface area contributed by atoms with Crippen molar-refractivity contribution in [2.75, 3.05) is 11.5 Å². The van der Waals surface area contributed by atoms with E-state index in [1.165, 1.54) is 277 Å². The summed E-state index contributed by atoms with van der Waals surface area (Å²) in [6.45, 7) is 22.9. The average molecular weight is 1470 g/mol. The van der Waals surface area contributed by atoms with Gasteiger partial charge in [0.05, 0.1) is 17.3 Å². The monoisotopic (exact) mass is 1470 g/mol. The van der Waals surface area contributed by atoms with Crippen molar-refractivity contribution in [3.05, 3.63) is 81.9 Å². The molecule has 6 aromatic rings. The van der Waals surface area contributed by atoms with Gasteiger partial charge in [-0.15, -0.1) is 80.2 Å². The Morgan fingerprint density at radius 1 is 0.338 bits per heavy atom. The third-order valence-corrected chi connectivity index (χ3v) is 44.5. The van der Waals surface area contributed by atoms with Crippen molar-refractivity contribution in [1.29, 1.82) is 0 Å². The normalized spacial score (nSPS) is 11.6. The van der Waals surface area contributed by atoms with Gasteiger partial charge >= 0.3 is 129 Å². The number of hydrogen-bond donors (Lipinski definition) is 0. The van der Waals surface area contributed by atoms with Crippen molar-refractivity contribution in [2.45, 2.75) is 285 Å². The second kappa shape index (κ2) is 44.1. The fraction of sp³-hybridized carbons (Fsp3) is 0.652. The molecule has 6 aromatic heterocycles. The quantitative estimate of drug-likeness (QED) is 0.0213. The minimum atomic E-state index is -2.06. The first-order chi connectivity index (χ1) is 38.9. The molecule has 450 valence electrons. The van der Waals surface area contributed by atoms with E-state index in [-0.39, 0.29) is 0 Å². The predicted octanol–water partition coefficient (Wildman–Crippen LogP) is 29.1. The van der Waals surface area contributed by atoms with Crippen molar-refractivity contribution < 1.29 is 0 Å². The number of rotatable bonds is 41. The Hall–Kier alpha value is 0.659. The predicted molar refractivity (Wildman–Crippen MR) is 390 cm³/mol. The third kappa shape index (κ3) is 28.2. The molecule has 0 fully saturated rings. The van der Waals surface area contributed by atoms with Crippen LogP contribution in [-0.2, 0) is 0 Å². The zero-order valence-corrected chi connectivity index (χ0v) is 64.4. The number of thiophene rings is 6. The summed E-state index contributed by atoms with van der Waals surface area (Å²) in [6, 6.07) is 18.7. The Morgan fingerprint density at radius 3 is 1.15 bits per heavy atom. The number of hydrogen-bond acceptors (Lipinski definition) is 8. The SMILES string of the molecule is CCCCCCCCCCCCCCSc1cc(Br)sc1-c1sc(Br)cc1C.CCCCCCCCCCCCCCSc1cc(C)sc1-c1sc(-c2ccc(C)s2)cc1C.CCC[CH2][Sn]([CH2]CCC)([CH2]CCC)[c]1ccc(C)s1. The topological polar surface area (TPSA) is 0 Å². The molecule has 0 aliphatic carbocycles. The van der Waals surface area contributed by atoms with Crippen LogP contribution in [-0.4, -0.2) is 29.9 Å². The van der Waals surface area contributed by atoms with Gasteiger partial charge in [0.1, 0.15) is 0 Å². The van der Waals surface area contributed by atoms with Crippen LogP contribution in [0.3, 0.4) is 0 Å². The van der Waals surface area contributed by atoms with E-state index in [1.54, 1.807) is 13.3 Å². The van der Waals surface area contributed by atoms with Gasteiger partial charge in [-0.25, -0.2) is 0 Å². The van der Waals surface area contributed by atoms with E-state index in [2.05, 4.69) is 173 Å². The van der Waals surface area contributed by atoms with E-state index in [0.29, 0.717) is 0 Å². The molecule has 0 saturated carbocycles. The van der Waals surface area contributed by atoms with Crippen LogP contribution >= 0.6 is 123 Å². The van der Waals surface area contributed by atoms with E-state index in [4.69, 9.17) is 0 Å². The molecule has 0 bridgehead atoms. The van der Waals surface area contributed by atoms with Gasteiger partial charge in [-0.05, 0) is 131 Å². The van der Waals surface area contributed by atoms with Crippen LogP contribution < -0.4 is 2.89 Å². The summed E-state index contributed by atoms with van der Waals surface area (Å²) in [5.74, 6) is 2.49. The zero-order chi connectivity index (χ0) is 57.8. The molecule has 0 amide bonds. The molecule has 0 aliphatic rings. The number of halogens is 2. The standard InChI is InChI=1S/C29H42S4.C23H34Br2S3.C5H5S.3C4H9.Sn/c1-5-6-7-8-9-10-11-12-13-14-15-16-19-30-27-21-24(4)32-29(27)28-22(2)20-26(33-28)25-18-17-23(3)31-25;1-3-4-5-6-7-8-9-10-11-12-13-14-15-26-19-17-21(25)28-23(19)22-18(2)16-20(24)27-22;1-5-3-2-4-6-5;3*1-3-4-2;/h17-18,20-21H,5-16,19H2,1-4H3;16-17H,3-15H2,1-2H3;2-3H,1H3;3*1,3-4H2,2H3;. The van der Waals surface area contributed by atoms with Crippen molar-refractivity contribution in [2.24, 2.45) is 0 Å². The summed E-state index contributed by atoms with van der Waals surface area (Å²) in [7, 11) is 0. The zero-order valence-electron chi connectivity index (χ0n) is 51.9. The Morgan fingerprint density at radius 2 is 0.725 bits per heavy atom. The maximum atomic E-state index is 3.69. The molecule has 11 heteroatoms. The van der Waals surface area contributed by atoms with Gasteiger partial charge in [0.15, 0.2) is 0 Å². The fourth-order valence-electron chi connectivity index (χ4n) is 10.7. The van der Waals surface area contributed by atoms with E-state index in [1.807, 2.05) is 71.3 Å². The molecular weight excluding hydrogens is 1360 g/mol. The second-order valence-corrected chi connectivity index (χ2v) is 49.0. The van der Waals surface area contributed by atoms with Crippen molar-refractivity contribution in [1.82, 2.24) is 0 Å². The maximum absolute atomic E-state index is 3.69. The number of aryl methyl sites for hydroxylation is 5. The van der Waals surface area contributed by atoms with E-state index in [9.17, 15) is 0 Å². The Labute approximate surface area is 546 Å².